The minimum Gasteiger partial charge on any atom is -0.497 e. The highest BCUT2D eigenvalue weighted by atomic mass is 35.5. The van der Waals surface area contributed by atoms with E-state index < -0.39 is 6.04 Å². The van der Waals surface area contributed by atoms with Crippen molar-refractivity contribution >= 4 is 28.5 Å². The molecule has 0 aliphatic carbocycles. The van der Waals surface area contributed by atoms with E-state index in [2.05, 4.69) is 0 Å². The molecule has 0 saturated heterocycles. The largest absolute Gasteiger partial charge is 0.497 e. The third-order valence-corrected chi connectivity index (χ3v) is 5.15. The number of methoxy groups -OCH3 is 1. The van der Waals surface area contributed by atoms with Crippen LogP contribution in [-0.2, 0) is 0 Å². The highest BCUT2D eigenvalue weighted by Gasteiger charge is 2.42. The van der Waals surface area contributed by atoms with Crippen LogP contribution in [0, 0.1) is 0 Å². The van der Waals surface area contributed by atoms with Gasteiger partial charge in [-0.1, -0.05) is 23.7 Å². The van der Waals surface area contributed by atoms with Crippen molar-refractivity contribution in [1.29, 1.82) is 0 Å². The van der Waals surface area contributed by atoms with E-state index in [1.807, 2.05) is 12.1 Å². The molecule has 6 nitrogen and oxygen atoms in total. The van der Waals surface area contributed by atoms with Crippen molar-refractivity contribution in [3.8, 4) is 5.75 Å². The first-order valence-corrected chi connectivity index (χ1v) is 9.25. The van der Waals surface area contributed by atoms with Crippen molar-refractivity contribution in [3.05, 3.63) is 74.6 Å². The zero-order valence-corrected chi connectivity index (χ0v) is 15.9. The molecule has 0 fully saturated rings. The number of halogens is 1. The predicted molar refractivity (Wildman–Crippen MR) is 105 cm³/mol. The summed E-state index contributed by atoms with van der Waals surface area (Å²) in [6, 6.07) is 11.4. The summed E-state index contributed by atoms with van der Waals surface area (Å²) in [5.74, 6) is 0.351. The van der Waals surface area contributed by atoms with E-state index in [4.69, 9.17) is 20.8 Å². The number of benzene rings is 2. The maximum Gasteiger partial charge on any atom is 0.290 e. The normalized spacial score (nSPS) is 15.9. The molecule has 144 valence electrons. The predicted octanol–water partition coefficient (Wildman–Crippen LogP) is 3.38. The number of hydrogen-bond acceptors (Lipinski definition) is 5. The molecule has 1 aromatic heterocycles. The second kappa shape index (κ2) is 7.30. The van der Waals surface area contributed by atoms with E-state index >= 15 is 0 Å². The molecule has 0 spiro atoms. The van der Waals surface area contributed by atoms with Gasteiger partial charge in [-0.15, -0.1) is 0 Å². The third-order valence-electron chi connectivity index (χ3n) is 4.92. The molecule has 4 rings (SSSR count). The van der Waals surface area contributed by atoms with Crippen LogP contribution in [0.15, 0.2) is 51.7 Å². The molecule has 0 saturated carbocycles. The smallest absolute Gasteiger partial charge is 0.290 e. The van der Waals surface area contributed by atoms with Crippen LogP contribution in [0.5, 0.6) is 5.75 Å². The molecule has 1 aliphatic heterocycles. The lowest BCUT2D eigenvalue weighted by molar-refractivity contribution is 0.0716. The average molecular weight is 400 g/mol. The summed E-state index contributed by atoms with van der Waals surface area (Å²) in [5, 5.41) is 9.99. The fourth-order valence-electron chi connectivity index (χ4n) is 3.60. The first-order valence-electron chi connectivity index (χ1n) is 8.87. The standard InChI is InChI=1S/C21H18ClNO5/c1-27-14-6-3-12(4-7-14)18-17-19(25)15-11-13(22)5-8-16(15)28-20(17)21(26)23(18)9-2-10-24/h3-8,11,18,24H,2,9-10H2,1H3. The lowest BCUT2D eigenvalue weighted by Gasteiger charge is -2.25. The van der Waals surface area contributed by atoms with Gasteiger partial charge < -0.3 is 19.2 Å². The Bertz CT molecular complexity index is 1110. The minimum atomic E-state index is -0.598. The quantitative estimate of drug-likeness (QED) is 0.711. The number of rotatable bonds is 5. The van der Waals surface area contributed by atoms with Crippen molar-refractivity contribution in [1.82, 2.24) is 4.90 Å². The Labute approximate surface area is 165 Å². The van der Waals surface area contributed by atoms with Gasteiger partial charge in [-0.3, -0.25) is 9.59 Å². The number of carbonyl (C=O) groups is 1. The number of hydrogen-bond donors (Lipinski definition) is 1. The number of carbonyl (C=O) groups excluding carboxylic acids is 1. The van der Waals surface area contributed by atoms with Crippen LogP contribution in [0.3, 0.4) is 0 Å². The average Bonchev–Trinajstić information content (AvgIpc) is 2.99. The van der Waals surface area contributed by atoms with Gasteiger partial charge in [-0.2, -0.15) is 0 Å². The Hall–Kier alpha value is -2.83. The van der Waals surface area contributed by atoms with Crippen molar-refractivity contribution in [2.24, 2.45) is 0 Å². The molecule has 1 atom stereocenters. The van der Waals surface area contributed by atoms with Crippen molar-refractivity contribution in [3.63, 3.8) is 0 Å². The Balaban J connectivity index is 1.94. The monoisotopic (exact) mass is 399 g/mol. The minimum absolute atomic E-state index is 0.0404. The van der Waals surface area contributed by atoms with E-state index in [1.54, 1.807) is 42.3 Å². The van der Waals surface area contributed by atoms with Crippen molar-refractivity contribution in [2.45, 2.75) is 12.5 Å². The third kappa shape index (κ3) is 2.95. The maximum atomic E-state index is 13.3. The molecule has 0 radical (unpaired) electrons. The lowest BCUT2D eigenvalue weighted by atomic mass is 9.98. The molecular weight excluding hydrogens is 382 g/mol. The van der Waals surface area contributed by atoms with Gasteiger partial charge in [-0.05, 0) is 42.3 Å². The molecule has 1 aliphatic rings. The van der Waals surface area contributed by atoms with E-state index in [0.717, 1.165) is 5.56 Å². The summed E-state index contributed by atoms with van der Waals surface area (Å²) in [6.45, 7) is 0.237. The van der Waals surface area contributed by atoms with Crippen molar-refractivity contribution < 1.29 is 19.1 Å². The number of nitrogens with zero attached hydrogens (tertiary/aromatic N) is 1. The second-order valence-corrected chi connectivity index (χ2v) is 7.00. The molecular formula is C21H18ClNO5. The Morgan fingerprint density at radius 1 is 1.18 bits per heavy atom. The highest BCUT2D eigenvalue weighted by molar-refractivity contribution is 6.31. The summed E-state index contributed by atoms with van der Waals surface area (Å²) < 4.78 is 11.0. The van der Waals surface area contributed by atoms with Gasteiger partial charge >= 0.3 is 0 Å². The van der Waals surface area contributed by atoms with Crippen LogP contribution >= 0.6 is 11.6 Å². The molecule has 7 heteroatoms. The van der Waals surface area contributed by atoms with Crippen LogP contribution in [-0.4, -0.2) is 36.2 Å². The molecule has 2 aromatic carbocycles. The van der Waals surface area contributed by atoms with Crippen LogP contribution in [0.1, 0.15) is 34.1 Å². The summed E-state index contributed by atoms with van der Waals surface area (Å²) in [5.41, 5.74) is 1.10. The van der Waals surface area contributed by atoms with Crippen LogP contribution in [0.25, 0.3) is 11.0 Å². The van der Waals surface area contributed by atoms with E-state index in [-0.39, 0.29) is 23.7 Å². The number of aliphatic hydroxyl groups excluding tert-OH is 1. The zero-order valence-electron chi connectivity index (χ0n) is 15.1. The van der Waals surface area contributed by atoms with Gasteiger partial charge in [0.1, 0.15) is 11.3 Å². The van der Waals surface area contributed by atoms with Gasteiger partial charge in [0, 0.05) is 18.2 Å². The van der Waals surface area contributed by atoms with E-state index in [1.165, 1.54) is 0 Å². The molecule has 1 amide bonds. The molecule has 1 unspecified atom stereocenters. The molecule has 28 heavy (non-hydrogen) atoms. The highest BCUT2D eigenvalue weighted by Crippen LogP contribution is 2.38. The fourth-order valence-corrected chi connectivity index (χ4v) is 3.77. The summed E-state index contributed by atoms with van der Waals surface area (Å²) >= 11 is 6.05. The van der Waals surface area contributed by atoms with Gasteiger partial charge in [0.05, 0.1) is 24.1 Å². The van der Waals surface area contributed by atoms with Gasteiger partial charge in [0.2, 0.25) is 5.76 Å². The van der Waals surface area contributed by atoms with Gasteiger partial charge in [0.15, 0.2) is 5.43 Å². The topological polar surface area (TPSA) is 80.0 Å². The van der Waals surface area contributed by atoms with Crippen LogP contribution in [0.2, 0.25) is 5.02 Å². The lowest BCUT2D eigenvalue weighted by Crippen LogP contribution is -2.31. The van der Waals surface area contributed by atoms with Crippen molar-refractivity contribution in [2.75, 3.05) is 20.3 Å². The molecule has 0 bridgehead atoms. The van der Waals surface area contributed by atoms with Crippen LogP contribution in [0.4, 0.5) is 0 Å². The molecule has 3 aromatic rings. The number of aliphatic hydroxyl groups is 1. The fraction of sp³-hybridized carbons (Fsp3) is 0.238. The number of ether oxygens (including phenoxy) is 1. The second-order valence-electron chi connectivity index (χ2n) is 6.57. The van der Waals surface area contributed by atoms with Gasteiger partial charge in [-0.25, -0.2) is 0 Å². The number of fused-ring (bicyclic) bond motifs is 2. The van der Waals surface area contributed by atoms with Gasteiger partial charge in [0.25, 0.3) is 5.91 Å². The molecule has 2 heterocycles. The van der Waals surface area contributed by atoms with E-state index in [0.29, 0.717) is 40.3 Å². The first kappa shape index (κ1) is 18.5. The number of amides is 1. The maximum absolute atomic E-state index is 13.3. The Morgan fingerprint density at radius 2 is 1.93 bits per heavy atom. The Kier molecular flexibility index (Phi) is 4.83. The van der Waals surface area contributed by atoms with Crippen LogP contribution < -0.4 is 10.2 Å². The SMILES string of the molecule is COc1ccc(C2c3c(oc4ccc(Cl)cc4c3=O)C(=O)N2CCCO)cc1. The Morgan fingerprint density at radius 3 is 2.61 bits per heavy atom. The first-order chi connectivity index (χ1) is 13.5. The molecule has 1 N–H and O–H groups in total. The van der Waals surface area contributed by atoms with E-state index in [9.17, 15) is 14.7 Å². The zero-order chi connectivity index (χ0) is 19.8. The summed E-state index contributed by atoms with van der Waals surface area (Å²) in [4.78, 5) is 27.9. The summed E-state index contributed by atoms with van der Waals surface area (Å²) in [6.07, 6.45) is 0.395. The summed E-state index contributed by atoms with van der Waals surface area (Å²) in [7, 11) is 1.57.